The van der Waals surface area contributed by atoms with Crippen molar-refractivity contribution in [1.82, 2.24) is 0 Å². The van der Waals surface area contributed by atoms with Crippen molar-refractivity contribution in [3.63, 3.8) is 0 Å². The molecule has 8 nitrogen and oxygen atoms in total. The van der Waals surface area contributed by atoms with E-state index in [1.165, 1.54) is 27.7 Å². The molecule has 0 aromatic heterocycles. The minimum absolute atomic E-state index is 0.163. The molecule has 0 aliphatic heterocycles. The van der Waals surface area contributed by atoms with Crippen LogP contribution in [0.3, 0.4) is 0 Å². The Morgan fingerprint density at radius 1 is 0.531 bits per heavy atom. The molecule has 0 N–H and O–H groups in total. The quantitative estimate of drug-likeness (QED) is 0.276. The van der Waals surface area contributed by atoms with E-state index in [0.717, 1.165) is 0 Å². The molecule has 0 unspecified atom stereocenters. The molecule has 0 fully saturated rings. The van der Waals surface area contributed by atoms with Crippen molar-refractivity contribution >= 4 is 73.0 Å². The number of carbonyl (C=O) groups is 4. The maximum absolute atomic E-state index is 12.0. The molecule has 0 spiro atoms. The Labute approximate surface area is 203 Å². The molecule has 32 heavy (non-hydrogen) atoms. The van der Waals surface area contributed by atoms with Crippen LogP contribution in [0.5, 0.6) is 0 Å². The van der Waals surface area contributed by atoms with E-state index in [1.54, 1.807) is 24.3 Å². The number of rotatable bonds is 10. The van der Waals surface area contributed by atoms with Crippen LogP contribution in [0.15, 0.2) is 72.9 Å². The van der Waals surface area contributed by atoms with Crippen LogP contribution in [0, 0.1) is 0 Å². The van der Waals surface area contributed by atoms with E-state index in [0.29, 0.717) is 7.02 Å². The summed E-state index contributed by atoms with van der Waals surface area (Å²) < 4.78 is 22.6. The summed E-state index contributed by atoms with van der Waals surface area (Å²) in [7, 11) is 0. The predicted octanol–water partition coefficient (Wildman–Crippen LogP) is 1.55. The van der Waals surface area contributed by atoms with Gasteiger partial charge in [0.15, 0.2) is 0 Å². The Balaban J connectivity index is 3.24. The molecule has 1 aromatic carbocycles. The Bertz CT molecular complexity index is 843. The zero-order valence-corrected chi connectivity index (χ0v) is 23.4. The molecule has 1 rings (SSSR count). The van der Waals surface area contributed by atoms with E-state index >= 15 is 0 Å². The van der Waals surface area contributed by atoms with E-state index in [2.05, 4.69) is 26.3 Å². The van der Waals surface area contributed by atoms with E-state index in [1.807, 2.05) is 0 Å². The third-order valence-electron chi connectivity index (χ3n) is 3.33. The van der Waals surface area contributed by atoms with Crippen molar-refractivity contribution in [2.75, 3.05) is 0 Å². The second-order valence-electron chi connectivity index (χ2n) is 6.67. The fourth-order valence-electron chi connectivity index (χ4n) is 1.56. The zero-order chi connectivity index (χ0) is 24.6. The van der Waals surface area contributed by atoms with Crippen molar-refractivity contribution in [2.45, 2.75) is 27.7 Å². The van der Waals surface area contributed by atoms with Gasteiger partial charge in [-0.3, -0.25) is 0 Å². The molecule has 0 aliphatic rings. The number of carbonyl (C=O) groups excluding carboxylic acids is 4. The summed E-state index contributed by atoms with van der Waals surface area (Å²) in [6.07, 6.45) is 0. The Morgan fingerprint density at radius 3 is 0.875 bits per heavy atom. The van der Waals surface area contributed by atoms with E-state index < -0.39 is 66.0 Å². The number of benzene rings is 1. The van der Waals surface area contributed by atoms with Gasteiger partial charge in [0, 0.05) is 0 Å². The van der Waals surface area contributed by atoms with Crippen molar-refractivity contribution in [3.8, 4) is 0 Å². The normalized spacial score (nSPS) is 10.2. The molecule has 170 valence electrons. The van der Waals surface area contributed by atoms with Crippen LogP contribution >= 0.6 is 0 Å². The van der Waals surface area contributed by atoms with Gasteiger partial charge in [-0.1, -0.05) is 0 Å². The molecular weight excluding hydrogens is 636 g/mol. The first-order valence-corrected chi connectivity index (χ1v) is 15.8. The Morgan fingerprint density at radius 2 is 0.719 bits per heavy atom. The van der Waals surface area contributed by atoms with Gasteiger partial charge >= 0.3 is 205 Å². The minimum atomic E-state index is -3.53. The third-order valence-corrected chi connectivity index (χ3v) is 11.2. The standard InChI is InChI=1S/C6H4.4C4H6O2.2Sb/c1-2-4-6-5-3-1;4*1-3(2)4(5)6;;/h1-2,5-6H;4*1H2,2H3,(H,5,6);;/q;;;;;2*+2/p-4. The summed E-state index contributed by atoms with van der Waals surface area (Å²) in [6, 6.07) is 6.32. The fourth-order valence-corrected chi connectivity index (χ4v) is 8.71. The summed E-state index contributed by atoms with van der Waals surface area (Å²) in [4.78, 5) is 48.0. The van der Waals surface area contributed by atoms with Gasteiger partial charge < -0.3 is 0 Å². The van der Waals surface area contributed by atoms with Crippen LogP contribution in [0.1, 0.15) is 27.7 Å². The predicted molar refractivity (Wildman–Crippen MR) is 121 cm³/mol. The summed E-state index contributed by atoms with van der Waals surface area (Å²) in [6.45, 7) is 20.0. The van der Waals surface area contributed by atoms with Crippen LogP contribution in [0.2, 0.25) is 0 Å². The molecule has 0 heterocycles. The SMILES string of the molecule is C=C(C)C(=O)[O][Sb]([O]C(=O)C(=C)C)[c]1cc[c]([Sb]([O]C(=O)C(=C)C)[O]C(=O)C(=C)C)cc1. The zero-order valence-electron chi connectivity index (χ0n) is 18.3. The molecule has 0 saturated carbocycles. The molecule has 0 aliphatic carbocycles. The van der Waals surface area contributed by atoms with Crippen molar-refractivity contribution in [2.24, 2.45) is 0 Å². The molecule has 0 atom stereocenters. The van der Waals surface area contributed by atoms with Gasteiger partial charge in [-0.15, -0.1) is 0 Å². The summed E-state index contributed by atoms with van der Waals surface area (Å²) in [5.41, 5.74) is 0.651. The van der Waals surface area contributed by atoms with Crippen LogP contribution in [0.4, 0.5) is 0 Å². The molecule has 1 aromatic rings. The Kier molecular flexibility index (Phi) is 11.0. The fraction of sp³-hybridized carbons (Fsp3) is 0.182. The monoisotopic (exact) mass is 658 g/mol. The molecule has 0 saturated heterocycles. The maximum atomic E-state index is 12.0. The van der Waals surface area contributed by atoms with E-state index in [-0.39, 0.29) is 22.3 Å². The van der Waals surface area contributed by atoms with Crippen molar-refractivity contribution in [3.05, 3.63) is 72.9 Å². The first kappa shape index (κ1) is 27.7. The van der Waals surface area contributed by atoms with Crippen molar-refractivity contribution < 1.29 is 31.2 Å². The Hall–Kier alpha value is -2.30. The van der Waals surface area contributed by atoms with Crippen LogP contribution < -0.4 is 7.02 Å². The number of hydrogen-bond donors (Lipinski definition) is 0. The van der Waals surface area contributed by atoms with Gasteiger partial charge in [-0.2, -0.15) is 0 Å². The summed E-state index contributed by atoms with van der Waals surface area (Å²) >= 11 is -7.06. The average molecular weight is 660 g/mol. The third kappa shape index (κ3) is 8.68. The van der Waals surface area contributed by atoms with E-state index in [4.69, 9.17) is 12.1 Å². The first-order valence-electron chi connectivity index (χ1n) is 9.05. The average Bonchev–Trinajstić information content (AvgIpc) is 2.72. The second kappa shape index (κ2) is 12.7. The summed E-state index contributed by atoms with van der Waals surface area (Å²) in [5, 5.41) is 0. The van der Waals surface area contributed by atoms with Gasteiger partial charge in [0.25, 0.3) is 0 Å². The second-order valence-corrected chi connectivity index (χ2v) is 14.6. The van der Waals surface area contributed by atoms with Crippen LogP contribution in [0.25, 0.3) is 0 Å². The number of hydrogen-bond acceptors (Lipinski definition) is 8. The van der Waals surface area contributed by atoms with Gasteiger partial charge in [0.1, 0.15) is 0 Å². The molecule has 0 radical (unpaired) electrons. The topological polar surface area (TPSA) is 105 Å². The molecule has 0 bridgehead atoms. The molecular formula is C22H24O8Sb2. The van der Waals surface area contributed by atoms with Crippen LogP contribution in [-0.2, 0) is 31.2 Å². The van der Waals surface area contributed by atoms with Crippen LogP contribution in [-0.4, -0.2) is 66.0 Å². The molecule has 10 heteroatoms. The van der Waals surface area contributed by atoms with Crippen molar-refractivity contribution in [1.29, 1.82) is 0 Å². The summed E-state index contributed by atoms with van der Waals surface area (Å²) in [5.74, 6) is -2.69. The van der Waals surface area contributed by atoms with E-state index in [9.17, 15) is 19.2 Å². The van der Waals surface area contributed by atoms with Gasteiger partial charge in [-0.25, -0.2) is 0 Å². The van der Waals surface area contributed by atoms with Gasteiger partial charge in [-0.05, 0) is 0 Å². The molecule has 0 amide bonds. The first-order chi connectivity index (χ1) is 14.8. The van der Waals surface area contributed by atoms with Gasteiger partial charge in [0.2, 0.25) is 0 Å². The van der Waals surface area contributed by atoms with Gasteiger partial charge in [0.05, 0.1) is 0 Å².